The molecule has 2 aromatic heterocycles. The van der Waals surface area contributed by atoms with E-state index in [0.29, 0.717) is 41.6 Å². The van der Waals surface area contributed by atoms with E-state index < -0.39 is 11.7 Å². The van der Waals surface area contributed by atoms with Crippen molar-refractivity contribution in [2.24, 2.45) is 0 Å². The Kier molecular flexibility index (Phi) is 6.63. The zero-order chi connectivity index (χ0) is 23.8. The first-order valence-corrected chi connectivity index (χ1v) is 11.1. The molecule has 0 amide bonds. The molecule has 176 valence electrons. The lowest BCUT2D eigenvalue weighted by molar-refractivity contribution is -0.137. The van der Waals surface area contributed by atoms with Gasteiger partial charge >= 0.3 is 6.18 Å². The number of hydrogen-bond acceptors (Lipinski definition) is 5. The van der Waals surface area contributed by atoms with E-state index in [1.54, 1.807) is 6.07 Å². The predicted molar refractivity (Wildman–Crippen MR) is 122 cm³/mol. The fraction of sp³-hybridized carbons (Fsp3) is 0.435. The number of likely N-dealkylation sites (N-methyl/N-ethyl adjacent to an activating group) is 1. The van der Waals surface area contributed by atoms with E-state index in [1.807, 2.05) is 31.9 Å². The number of piperazine rings is 1. The second-order valence-electron chi connectivity index (χ2n) is 8.56. The maximum absolute atomic E-state index is 14.0. The first-order valence-electron chi connectivity index (χ1n) is 10.8. The number of H-pyrrole nitrogens is 1. The van der Waals surface area contributed by atoms with Crippen LogP contribution in [0.1, 0.15) is 39.6 Å². The standard InChI is InChI=1S/C23H26ClF3N6/c1-14-8-21(33-6-4-32(3)5-7-33)18(23(25,26)27)10-16(14)11-22-28-13-19(24)20(29-22)12-17-9-15(2)30-31-17/h8-10,13H,4-7,11-12H2,1-3H3,(H,30,31). The van der Waals surface area contributed by atoms with Crippen molar-refractivity contribution in [1.29, 1.82) is 0 Å². The van der Waals surface area contributed by atoms with E-state index in [1.165, 1.54) is 12.3 Å². The van der Waals surface area contributed by atoms with Crippen molar-refractivity contribution in [2.45, 2.75) is 32.9 Å². The lowest BCUT2D eigenvalue weighted by atomic mass is 9.98. The second kappa shape index (κ2) is 9.30. The number of aromatic amines is 1. The van der Waals surface area contributed by atoms with Gasteiger partial charge < -0.3 is 9.80 Å². The molecule has 1 aromatic carbocycles. The second-order valence-corrected chi connectivity index (χ2v) is 8.97. The predicted octanol–water partition coefficient (Wildman–Crippen LogP) is 4.42. The third kappa shape index (κ3) is 5.47. The molecule has 3 heterocycles. The van der Waals surface area contributed by atoms with Crippen molar-refractivity contribution >= 4 is 17.3 Å². The van der Waals surface area contributed by atoms with Crippen LogP contribution < -0.4 is 4.90 Å². The van der Waals surface area contributed by atoms with Gasteiger partial charge in [0.15, 0.2) is 0 Å². The molecule has 4 rings (SSSR count). The van der Waals surface area contributed by atoms with Crippen LogP contribution in [0.5, 0.6) is 0 Å². The number of nitrogens with one attached hydrogen (secondary N) is 1. The molecule has 10 heteroatoms. The number of benzene rings is 1. The quantitative estimate of drug-likeness (QED) is 0.588. The van der Waals surface area contributed by atoms with Crippen LogP contribution in [0.15, 0.2) is 24.4 Å². The molecule has 33 heavy (non-hydrogen) atoms. The molecule has 1 saturated heterocycles. The van der Waals surface area contributed by atoms with Gasteiger partial charge in [-0.05, 0) is 50.2 Å². The van der Waals surface area contributed by atoms with Crippen LogP contribution >= 0.6 is 11.6 Å². The molecule has 3 aromatic rings. The normalized spacial score (nSPS) is 15.3. The summed E-state index contributed by atoms with van der Waals surface area (Å²) in [5, 5.41) is 7.48. The molecule has 0 saturated carbocycles. The number of hydrogen-bond donors (Lipinski definition) is 1. The van der Waals surface area contributed by atoms with Gasteiger partial charge in [0.2, 0.25) is 0 Å². The zero-order valence-corrected chi connectivity index (χ0v) is 19.6. The summed E-state index contributed by atoms with van der Waals surface area (Å²) in [4.78, 5) is 12.7. The Morgan fingerprint density at radius 3 is 2.42 bits per heavy atom. The van der Waals surface area contributed by atoms with E-state index in [0.717, 1.165) is 30.0 Å². The van der Waals surface area contributed by atoms with Gasteiger partial charge in [-0.2, -0.15) is 18.3 Å². The fourth-order valence-electron chi connectivity index (χ4n) is 4.02. The van der Waals surface area contributed by atoms with Gasteiger partial charge in [-0.3, -0.25) is 5.10 Å². The molecule has 0 aliphatic carbocycles. The Bertz CT molecular complexity index is 1140. The number of aryl methyl sites for hydroxylation is 2. The molecule has 1 N–H and O–H groups in total. The van der Waals surface area contributed by atoms with Crippen LogP contribution in [-0.2, 0) is 19.0 Å². The lowest BCUT2D eigenvalue weighted by Gasteiger charge is -2.35. The van der Waals surface area contributed by atoms with Gasteiger partial charge in [0.05, 0.1) is 22.0 Å². The largest absolute Gasteiger partial charge is 0.418 e. The molecular weight excluding hydrogens is 453 g/mol. The molecule has 0 bridgehead atoms. The zero-order valence-electron chi connectivity index (χ0n) is 18.8. The van der Waals surface area contributed by atoms with Gasteiger partial charge in [0.1, 0.15) is 5.82 Å². The summed E-state index contributed by atoms with van der Waals surface area (Å²) in [6, 6.07) is 4.79. The van der Waals surface area contributed by atoms with Gasteiger partial charge in [0, 0.05) is 56.6 Å². The third-order valence-electron chi connectivity index (χ3n) is 5.93. The summed E-state index contributed by atoms with van der Waals surface area (Å²) in [7, 11) is 1.98. The van der Waals surface area contributed by atoms with Crippen molar-refractivity contribution in [1.82, 2.24) is 25.1 Å². The van der Waals surface area contributed by atoms with Crippen LogP contribution in [0.3, 0.4) is 0 Å². The molecule has 6 nitrogen and oxygen atoms in total. The highest BCUT2D eigenvalue weighted by Crippen LogP contribution is 2.39. The van der Waals surface area contributed by atoms with Crippen molar-refractivity contribution in [2.75, 3.05) is 38.1 Å². The molecule has 1 fully saturated rings. The Balaban J connectivity index is 1.63. The first kappa shape index (κ1) is 23.5. The summed E-state index contributed by atoms with van der Waals surface area (Å²) in [5.41, 5.74) is 3.24. The smallest absolute Gasteiger partial charge is 0.368 e. The van der Waals surface area contributed by atoms with Crippen LogP contribution in [0.4, 0.5) is 18.9 Å². The Morgan fingerprint density at radius 1 is 1.06 bits per heavy atom. The molecule has 0 radical (unpaired) electrons. The van der Waals surface area contributed by atoms with Crippen LogP contribution in [0.25, 0.3) is 0 Å². The number of rotatable bonds is 5. The van der Waals surface area contributed by atoms with E-state index in [9.17, 15) is 13.2 Å². The third-order valence-corrected chi connectivity index (χ3v) is 6.24. The van der Waals surface area contributed by atoms with Crippen molar-refractivity contribution in [3.63, 3.8) is 0 Å². The van der Waals surface area contributed by atoms with E-state index >= 15 is 0 Å². The summed E-state index contributed by atoms with van der Waals surface area (Å²) < 4.78 is 42.0. The van der Waals surface area contributed by atoms with E-state index in [-0.39, 0.29) is 12.1 Å². The Hall–Kier alpha value is -2.65. The summed E-state index contributed by atoms with van der Waals surface area (Å²) in [6.45, 7) is 6.32. The number of nitrogens with zero attached hydrogens (tertiary/aromatic N) is 5. The maximum atomic E-state index is 14.0. The monoisotopic (exact) mass is 478 g/mol. The Morgan fingerprint density at radius 2 is 1.79 bits per heavy atom. The summed E-state index contributed by atoms with van der Waals surface area (Å²) in [6.07, 6.45) is -2.36. The average molecular weight is 479 g/mol. The molecule has 0 atom stereocenters. The van der Waals surface area contributed by atoms with Crippen LogP contribution in [-0.4, -0.2) is 58.3 Å². The van der Waals surface area contributed by atoms with Gasteiger partial charge in [0.25, 0.3) is 0 Å². The molecule has 0 unspecified atom stereocenters. The topological polar surface area (TPSA) is 60.9 Å². The first-order chi connectivity index (χ1) is 15.6. The number of alkyl halides is 3. The van der Waals surface area contributed by atoms with Crippen molar-refractivity contribution < 1.29 is 13.2 Å². The van der Waals surface area contributed by atoms with Gasteiger partial charge in [-0.1, -0.05) is 11.6 Å². The number of halogens is 4. The molecule has 1 aliphatic rings. The maximum Gasteiger partial charge on any atom is 0.418 e. The van der Waals surface area contributed by atoms with Crippen molar-refractivity contribution in [3.8, 4) is 0 Å². The minimum Gasteiger partial charge on any atom is -0.368 e. The molecule has 0 spiro atoms. The highest BCUT2D eigenvalue weighted by Gasteiger charge is 2.36. The molecule has 1 aliphatic heterocycles. The average Bonchev–Trinajstić information content (AvgIpc) is 3.16. The molecular formula is C23H26ClF3N6. The minimum absolute atomic E-state index is 0.182. The number of aromatic nitrogens is 4. The number of anilines is 1. The summed E-state index contributed by atoms with van der Waals surface area (Å²) in [5.74, 6) is 0.422. The summed E-state index contributed by atoms with van der Waals surface area (Å²) >= 11 is 6.27. The highest BCUT2D eigenvalue weighted by molar-refractivity contribution is 6.31. The van der Waals surface area contributed by atoms with Crippen LogP contribution in [0.2, 0.25) is 5.02 Å². The Labute approximate surface area is 195 Å². The fourth-order valence-corrected chi connectivity index (χ4v) is 4.18. The van der Waals surface area contributed by atoms with Crippen LogP contribution in [0, 0.1) is 13.8 Å². The SMILES string of the molecule is Cc1cc(Cc2nc(Cc3cc(C(F)(F)F)c(N4CCN(C)CC4)cc3C)ncc2Cl)n[nH]1. The van der Waals surface area contributed by atoms with Gasteiger partial charge in [-0.15, -0.1) is 0 Å². The van der Waals surface area contributed by atoms with E-state index in [4.69, 9.17) is 11.6 Å². The minimum atomic E-state index is -4.45. The highest BCUT2D eigenvalue weighted by atomic mass is 35.5. The lowest BCUT2D eigenvalue weighted by Crippen LogP contribution is -2.45. The van der Waals surface area contributed by atoms with Crippen molar-refractivity contribution in [3.05, 3.63) is 69.0 Å². The van der Waals surface area contributed by atoms with Gasteiger partial charge in [-0.25, -0.2) is 9.97 Å². The van der Waals surface area contributed by atoms with E-state index in [2.05, 4.69) is 25.1 Å².